The summed E-state index contributed by atoms with van der Waals surface area (Å²) in [6, 6.07) is 2.16. The molecule has 1 aromatic heterocycles. The van der Waals surface area contributed by atoms with Crippen molar-refractivity contribution < 1.29 is 4.79 Å². The largest absolute Gasteiger partial charge is 0.355 e. The number of fused-ring (bicyclic) bond motifs is 1. The Labute approximate surface area is 120 Å². The highest BCUT2D eigenvalue weighted by molar-refractivity contribution is 5.81. The molecule has 2 rings (SSSR count). The Hall–Kier alpha value is -1.62. The molecule has 0 unspecified atom stereocenters. The van der Waals surface area contributed by atoms with Crippen molar-refractivity contribution in [2.45, 2.75) is 39.2 Å². The average Bonchev–Trinajstić information content (AvgIpc) is 2.90. The molecule has 5 nitrogen and oxygen atoms in total. The normalized spacial score (nSPS) is 13.2. The van der Waals surface area contributed by atoms with E-state index in [2.05, 4.69) is 11.4 Å². The second-order valence-corrected chi connectivity index (χ2v) is 5.34. The van der Waals surface area contributed by atoms with Crippen LogP contribution in [0.3, 0.4) is 0 Å². The predicted molar refractivity (Wildman–Crippen MR) is 80.7 cm³/mol. The summed E-state index contributed by atoms with van der Waals surface area (Å²) in [7, 11) is 1.90. The van der Waals surface area contributed by atoms with Crippen LogP contribution in [-0.2, 0) is 24.2 Å². The number of rotatable bonds is 6. The van der Waals surface area contributed by atoms with Crippen molar-refractivity contribution in [1.29, 1.82) is 0 Å². The van der Waals surface area contributed by atoms with Crippen LogP contribution < -0.4 is 16.0 Å². The van der Waals surface area contributed by atoms with Crippen LogP contribution in [0.1, 0.15) is 36.6 Å². The maximum atomic E-state index is 11.8. The lowest BCUT2D eigenvalue weighted by Crippen LogP contribution is -2.36. The number of hydrogen-bond acceptors (Lipinski definition) is 4. The van der Waals surface area contributed by atoms with Gasteiger partial charge in [-0.1, -0.05) is 6.92 Å². The Morgan fingerprint density at radius 3 is 3.00 bits per heavy atom. The van der Waals surface area contributed by atoms with Crippen molar-refractivity contribution in [3.8, 4) is 0 Å². The van der Waals surface area contributed by atoms with Crippen LogP contribution in [0.5, 0.6) is 0 Å². The quantitative estimate of drug-likeness (QED) is 0.813. The molecule has 1 amide bonds. The molecule has 0 saturated heterocycles. The summed E-state index contributed by atoms with van der Waals surface area (Å²) in [5.41, 5.74) is 9.33. The maximum Gasteiger partial charge on any atom is 0.239 e. The third-order valence-corrected chi connectivity index (χ3v) is 3.64. The van der Waals surface area contributed by atoms with Gasteiger partial charge in [-0.05, 0) is 37.3 Å². The number of nitrogens with zero attached hydrogens (tertiary/aromatic N) is 2. The summed E-state index contributed by atoms with van der Waals surface area (Å²) < 4.78 is 0. The molecule has 0 aromatic carbocycles. The topological polar surface area (TPSA) is 71.2 Å². The lowest BCUT2D eigenvalue weighted by Gasteiger charge is -2.21. The van der Waals surface area contributed by atoms with Crippen LogP contribution in [0, 0.1) is 0 Å². The van der Waals surface area contributed by atoms with E-state index in [1.807, 2.05) is 18.9 Å². The van der Waals surface area contributed by atoms with Gasteiger partial charge in [0.1, 0.15) is 5.82 Å². The van der Waals surface area contributed by atoms with Crippen molar-refractivity contribution in [3.63, 3.8) is 0 Å². The minimum atomic E-state index is 0.0274. The highest BCUT2D eigenvalue weighted by Crippen LogP contribution is 2.26. The summed E-state index contributed by atoms with van der Waals surface area (Å²) in [6.07, 6.45) is 4.23. The van der Waals surface area contributed by atoms with E-state index in [-0.39, 0.29) is 5.91 Å². The van der Waals surface area contributed by atoms with Gasteiger partial charge in [-0.15, -0.1) is 0 Å². The van der Waals surface area contributed by atoms with E-state index in [1.54, 1.807) is 0 Å². The third kappa shape index (κ3) is 3.28. The van der Waals surface area contributed by atoms with Gasteiger partial charge in [-0.25, -0.2) is 4.98 Å². The van der Waals surface area contributed by atoms with Crippen LogP contribution >= 0.6 is 0 Å². The number of carbonyl (C=O) groups excluding carboxylic acids is 1. The molecule has 1 aromatic rings. The molecule has 5 heteroatoms. The third-order valence-electron chi connectivity index (χ3n) is 3.64. The first kappa shape index (κ1) is 14.8. The van der Waals surface area contributed by atoms with Gasteiger partial charge in [0.15, 0.2) is 0 Å². The van der Waals surface area contributed by atoms with E-state index in [0.29, 0.717) is 19.6 Å². The first-order valence-electron chi connectivity index (χ1n) is 7.35. The van der Waals surface area contributed by atoms with Crippen LogP contribution in [-0.4, -0.2) is 31.0 Å². The fourth-order valence-electron chi connectivity index (χ4n) is 2.60. The number of aryl methyl sites for hydroxylation is 2. The Morgan fingerprint density at radius 2 is 2.30 bits per heavy atom. The molecule has 0 spiro atoms. The van der Waals surface area contributed by atoms with Crippen molar-refractivity contribution in [2.24, 2.45) is 5.73 Å². The fourth-order valence-corrected chi connectivity index (χ4v) is 2.60. The van der Waals surface area contributed by atoms with Crippen molar-refractivity contribution in [1.82, 2.24) is 10.3 Å². The molecule has 0 bridgehead atoms. The van der Waals surface area contributed by atoms with Crippen LogP contribution in [0.2, 0.25) is 0 Å². The zero-order valence-corrected chi connectivity index (χ0v) is 12.4. The highest BCUT2D eigenvalue weighted by atomic mass is 16.2. The average molecular weight is 276 g/mol. The van der Waals surface area contributed by atoms with Crippen molar-refractivity contribution in [2.75, 3.05) is 25.0 Å². The fraction of sp³-hybridized carbons (Fsp3) is 0.600. The first-order valence-corrected chi connectivity index (χ1v) is 7.35. The molecule has 0 saturated carbocycles. The van der Waals surface area contributed by atoms with Gasteiger partial charge in [0.05, 0.1) is 6.54 Å². The molecule has 1 aliphatic rings. The second-order valence-electron chi connectivity index (χ2n) is 5.34. The molecular weight excluding hydrogens is 252 g/mol. The van der Waals surface area contributed by atoms with E-state index in [4.69, 9.17) is 10.7 Å². The van der Waals surface area contributed by atoms with Crippen LogP contribution in [0.25, 0.3) is 0 Å². The molecule has 20 heavy (non-hydrogen) atoms. The SMILES string of the molecule is CCCNC(=O)CN(C)c1nc2c(cc1CN)CCC2. The predicted octanol–water partition coefficient (Wildman–Crippen LogP) is 0.991. The van der Waals surface area contributed by atoms with Crippen molar-refractivity contribution in [3.05, 3.63) is 22.9 Å². The van der Waals surface area contributed by atoms with Crippen molar-refractivity contribution >= 4 is 11.7 Å². The molecule has 0 atom stereocenters. The number of amides is 1. The summed E-state index contributed by atoms with van der Waals surface area (Å²) in [5.74, 6) is 0.874. The number of nitrogens with one attached hydrogen (secondary N) is 1. The first-order chi connectivity index (χ1) is 9.65. The molecular formula is C15H24N4O. The van der Waals surface area contributed by atoms with Gasteiger partial charge in [-0.3, -0.25) is 4.79 Å². The van der Waals surface area contributed by atoms with E-state index < -0.39 is 0 Å². The van der Waals surface area contributed by atoms with E-state index in [0.717, 1.165) is 42.8 Å². The van der Waals surface area contributed by atoms with Gasteiger partial charge < -0.3 is 16.0 Å². The Morgan fingerprint density at radius 1 is 1.50 bits per heavy atom. The molecule has 0 aliphatic heterocycles. The van der Waals surface area contributed by atoms with Gasteiger partial charge in [0.25, 0.3) is 0 Å². The molecule has 3 N–H and O–H groups in total. The number of aromatic nitrogens is 1. The smallest absolute Gasteiger partial charge is 0.239 e. The maximum absolute atomic E-state index is 11.8. The number of hydrogen-bond donors (Lipinski definition) is 2. The Kier molecular flexibility index (Phi) is 4.95. The zero-order valence-electron chi connectivity index (χ0n) is 12.4. The van der Waals surface area contributed by atoms with E-state index >= 15 is 0 Å². The molecule has 110 valence electrons. The standard InChI is InChI=1S/C15H24N4O/c1-3-7-17-14(20)10-19(2)15-12(9-16)8-11-5-4-6-13(11)18-15/h8H,3-7,9-10,16H2,1-2H3,(H,17,20). The van der Waals surface area contributed by atoms with E-state index in [9.17, 15) is 4.79 Å². The van der Waals surface area contributed by atoms with Gasteiger partial charge in [0, 0.05) is 31.4 Å². The number of carbonyl (C=O) groups is 1. The number of nitrogens with two attached hydrogens (primary N) is 1. The number of pyridine rings is 1. The summed E-state index contributed by atoms with van der Waals surface area (Å²) in [4.78, 5) is 18.4. The summed E-state index contributed by atoms with van der Waals surface area (Å²) in [5, 5.41) is 2.88. The minimum Gasteiger partial charge on any atom is -0.355 e. The van der Waals surface area contributed by atoms with Gasteiger partial charge >= 0.3 is 0 Å². The van der Waals surface area contributed by atoms with E-state index in [1.165, 1.54) is 5.56 Å². The summed E-state index contributed by atoms with van der Waals surface area (Å²) in [6.45, 7) is 3.53. The number of anilines is 1. The lowest BCUT2D eigenvalue weighted by molar-refractivity contribution is -0.119. The zero-order chi connectivity index (χ0) is 14.5. The lowest BCUT2D eigenvalue weighted by atomic mass is 10.1. The second kappa shape index (κ2) is 6.70. The molecule has 1 heterocycles. The molecule has 0 fully saturated rings. The van der Waals surface area contributed by atoms with Crippen LogP contribution in [0.15, 0.2) is 6.07 Å². The Balaban J connectivity index is 2.12. The van der Waals surface area contributed by atoms with Gasteiger partial charge in [-0.2, -0.15) is 0 Å². The van der Waals surface area contributed by atoms with Gasteiger partial charge in [0.2, 0.25) is 5.91 Å². The minimum absolute atomic E-state index is 0.0274. The van der Waals surface area contributed by atoms with Crippen LogP contribution in [0.4, 0.5) is 5.82 Å². The highest BCUT2D eigenvalue weighted by Gasteiger charge is 2.18. The molecule has 0 radical (unpaired) electrons. The number of likely N-dealkylation sites (N-methyl/N-ethyl adjacent to an activating group) is 1. The Bertz CT molecular complexity index is 487. The monoisotopic (exact) mass is 276 g/mol. The summed E-state index contributed by atoms with van der Waals surface area (Å²) >= 11 is 0. The molecule has 1 aliphatic carbocycles.